The molecule has 0 amide bonds. The highest BCUT2D eigenvalue weighted by Gasteiger charge is 2.12. The van der Waals surface area contributed by atoms with Gasteiger partial charge in [0.25, 0.3) is 0 Å². The fourth-order valence-electron chi connectivity index (χ4n) is 1.94. The van der Waals surface area contributed by atoms with Crippen molar-refractivity contribution in [1.29, 1.82) is 0 Å². The Morgan fingerprint density at radius 1 is 1.14 bits per heavy atom. The Morgan fingerprint density at radius 2 is 1.95 bits per heavy atom. The summed E-state index contributed by atoms with van der Waals surface area (Å²) >= 11 is 14.0. The number of hydrogen-bond donors (Lipinski definition) is 1. The number of para-hydroxylation sites is 1. The molecule has 1 heterocycles. The van der Waals surface area contributed by atoms with Gasteiger partial charge >= 0.3 is 0 Å². The quantitative estimate of drug-likeness (QED) is 0.700. The van der Waals surface area contributed by atoms with Crippen LogP contribution in [0.4, 0.5) is 11.4 Å². The molecule has 2 aromatic carbocycles. The Labute approximate surface area is 136 Å². The Hall–Kier alpha value is -1.62. The molecule has 0 spiro atoms. The lowest BCUT2D eigenvalue weighted by Gasteiger charge is -2.14. The monoisotopic (exact) mass is 334 g/mol. The van der Waals surface area contributed by atoms with Crippen LogP contribution in [0.1, 0.15) is 5.56 Å². The van der Waals surface area contributed by atoms with E-state index >= 15 is 0 Å². The number of aromatic nitrogens is 2. The Morgan fingerprint density at radius 3 is 2.71 bits per heavy atom. The number of benzene rings is 2. The normalized spacial score (nSPS) is 10.6. The number of nitrogens with zero attached hydrogens (tertiary/aromatic N) is 2. The summed E-state index contributed by atoms with van der Waals surface area (Å²) in [4.78, 5) is 0. The third-order valence-electron chi connectivity index (χ3n) is 3.03. The van der Waals surface area contributed by atoms with Crippen molar-refractivity contribution in [1.82, 2.24) is 10.2 Å². The molecule has 105 valence electrons. The minimum absolute atomic E-state index is 0.573. The van der Waals surface area contributed by atoms with Gasteiger partial charge in [-0.3, -0.25) is 0 Å². The lowest BCUT2D eigenvalue weighted by molar-refractivity contribution is 1.09. The molecule has 1 N–H and O–H groups in total. The van der Waals surface area contributed by atoms with Crippen LogP contribution in [0.25, 0.3) is 10.6 Å². The van der Waals surface area contributed by atoms with E-state index in [1.807, 2.05) is 43.3 Å². The van der Waals surface area contributed by atoms with Crippen LogP contribution in [-0.4, -0.2) is 10.2 Å². The van der Waals surface area contributed by atoms with Gasteiger partial charge in [0, 0.05) is 11.3 Å². The summed E-state index contributed by atoms with van der Waals surface area (Å²) < 4.78 is 0. The van der Waals surface area contributed by atoms with Gasteiger partial charge in [0.2, 0.25) is 0 Å². The molecule has 6 heteroatoms. The lowest BCUT2D eigenvalue weighted by Crippen LogP contribution is -1.96. The summed E-state index contributed by atoms with van der Waals surface area (Å²) in [5.74, 6) is 0. The number of anilines is 2. The molecule has 3 nitrogen and oxygen atoms in total. The van der Waals surface area contributed by atoms with E-state index in [-0.39, 0.29) is 0 Å². The van der Waals surface area contributed by atoms with E-state index in [0.717, 1.165) is 21.8 Å². The van der Waals surface area contributed by atoms with Gasteiger partial charge in [0.05, 0.1) is 15.7 Å². The molecule has 0 aliphatic rings. The van der Waals surface area contributed by atoms with E-state index in [9.17, 15) is 0 Å². The predicted molar refractivity (Wildman–Crippen MR) is 88.7 cm³/mol. The van der Waals surface area contributed by atoms with Crippen molar-refractivity contribution in [2.75, 3.05) is 5.32 Å². The lowest BCUT2D eigenvalue weighted by atomic mass is 10.1. The highest BCUT2D eigenvalue weighted by atomic mass is 35.5. The standard InChI is InChI=1S/C15H10Cl2N3S/c1-9-6-7-11(16)14(13(9)17)19-12-5-3-2-4-10(12)15-20-18-8-21-15/h2-7,19H,1H3. The fourth-order valence-corrected chi connectivity index (χ4v) is 2.95. The predicted octanol–water partition coefficient (Wildman–Crippen LogP) is 5.36. The first-order valence-corrected chi connectivity index (χ1v) is 7.74. The average Bonchev–Trinajstić information content (AvgIpc) is 3.02. The van der Waals surface area contributed by atoms with Gasteiger partial charge in [0.1, 0.15) is 5.01 Å². The molecule has 0 aliphatic carbocycles. The smallest absolute Gasteiger partial charge is 0.178 e. The third-order valence-corrected chi connectivity index (χ3v) is 4.50. The van der Waals surface area contributed by atoms with Crippen LogP contribution in [0.5, 0.6) is 0 Å². The molecule has 0 unspecified atom stereocenters. The minimum Gasteiger partial charge on any atom is -0.353 e. The van der Waals surface area contributed by atoms with Gasteiger partial charge in [-0.25, -0.2) is 0 Å². The fraction of sp³-hybridized carbons (Fsp3) is 0.0667. The van der Waals surface area contributed by atoms with Crippen LogP contribution in [0.15, 0.2) is 36.4 Å². The summed E-state index contributed by atoms with van der Waals surface area (Å²) in [5, 5.41) is 13.1. The Balaban J connectivity index is 2.06. The van der Waals surface area contributed by atoms with Crippen molar-refractivity contribution < 1.29 is 0 Å². The van der Waals surface area contributed by atoms with E-state index in [1.54, 1.807) is 0 Å². The zero-order valence-corrected chi connectivity index (χ0v) is 13.4. The van der Waals surface area contributed by atoms with Gasteiger partial charge in [-0.05, 0) is 30.7 Å². The van der Waals surface area contributed by atoms with Crippen LogP contribution in [0.3, 0.4) is 0 Å². The average molecular weight is 335 g/mol. The van der Waals surface area contributed by atoms with Gasteiger partial charge in [-0.1, -0.05) is 52.7 Å². The number of halogens is 2. The molecule has 0 saturated heterocycles. The first kappa shape index (κ1) is 14.3. The van der Waals surface area contributed by atoms with E-state index in [0.29, 0.717) is 15.7 Å². The third kappa shape index (κ3) is 2.88. The van der Waals surface area contributed by atoms with E-state index in [2.05, 4.69) is 21.0 Å². The zero-order chi connectivity index (χ0) is 14.8. The SMILES string of the molecule is Cc1ccc(Cl)c(Nc2ccccc2-c2nn[c]s2)c1Cl. The maximum Gasteiger partial charge on any atom is 0.178 e. The molecule has 3 rings (SSSR count). The van der Waals surface area contributed by atoms with E-state index in [1.165, 1.54) is 11.3 Å². The summed E-state index contributed by atoms with van der Waals surface area (Å²) in [6, 6.07) is 11.5. The van der Waals surface area contributed by atoms with Crippen molar-refractivity contribution in [2.24, 2.45) is 0 Å². The molecule has 0 fully saturated rings. The van der Waals surface area contributed by atoms with Gasteiger partial charge in [-0.15, -0.1) is 10.2 Å². The van der Waals surface area contributed by atoms with Gasteiger partial charge < -0.3 is 5.32 Å². The van der Waals surface area contributed by atoms with Crippen molar-refractivity contribution >= 4 is 45.9 Å². The van der Waals surface area contributed by atoms with Crippen LogP contribution in [-0.2, 0) is 0 Å². The molecule has 1 aromatic heterocycles. The van der Waals surface area contributed by atoms with Crippen LogP contribution in [0, 0.1) is 12.4 Å². The van der Waals surface area contributed by atoms with Crippen LogP contribution >= 0.6 is 34.5 Å². The first-order chi connectivity index (χ1) is 10.2. The van der Waals surface area contributed by atoms with E-state index in [4.69, 9.17) is 23.2 Å². The van der Waals surface area contributed by atoms with Gasteiger partial charge in [0.15, 0.2) is 5.51 Å². The minimum atomic E-state index is 0.573. The highest BCUT2D eigenvalue weighted by molar-refractivity contribution is 7.12. The number of aryl methyl sites for hydroxylation is 1. The molecule has 1 radical (unpaired) electrons. The van der Waals surface area contributed by atoms with Crippen molar-refractivity contribution in [3.8, 4) is 10.6 Å². The zero-order valence-electron chi connectivity index (χ0n) is 11.0. The van der Waals surface area contributed by atoms with Crippen molar-refractivity contribution in [2.45, 2.75) is 6.92 Å². The van der Waals surface area contributed by atoms with Crippen LogP contribution in [0.2, 0.25) is 10.0 Å². The molecule has 21 heavy (non-hydrogen) atoms. The van der Waals surface area contributed by atoms with Crippen molar-refractivity contribution in [3.05, 3.63) is 57.5 Å². The summed E-state index contributed by atoms with van der Waals surface area (Å²) in [6.45, 7) is 1.94. The number of rotatable bonds is 3. The maximum atomic E-state index is 6.35. The molecule has 0 aliphatic heterocycles. The Kier molecular flexibility index (Phi) is 4.10. The largest absolute Gasteiger partial charge is 0.353 e. The second kappa shape index (κ2) is 6.02. The number of hydrogen-bond acceptors (Lipinski definition) is 4. The molecule has 0 saturated carbocycles. The topological polar surface area (TPSA) is 37.8 Å². The summed E-state index contributed by atoms with van der Waals surface area (Å²) in [5.41, 5.74) is 6.22. The number of nitrogens with one attached hydrogen (secondary N) is 1. The van der Waals surface area contributed by atoms with Crippen LogP contribution < -0.4 is 5.32 Å². The van der Waals surface area contributed by atoms with Gasteiger partial charge in [-0.2, -0.15) is 0 Å². The molecular formula is C15H10Cl2N3S. The Bertz CT molecular complexity index is 773. The van der Waals surface area contributed by atoms with E-state index < -0.39 is 0 Å². The molecule has 0 bridgehead atoms. The molecule has 0 atom stereocenters. The summed E-state index contributed by atoms with van der Waals surface area (Å²) in [7, 11) is 0. The summed E-state index contributed by atoms with van der Waals surface area (Å²) in [6.07, 6.45) is 0. The first-order valence-electron chi connectivity index (χ1n) is 6.17. The second-order valence-electron chi connectivity index (χ2n) is 4.42. The van der Waals surface area contributed by atoms with Crippen molar-refractivity contribution in [3.63, 3.8) is 0 Å². The maximum absolute atomic E-state index is 6.35. The second-order valence-corrected chi connectivity index (χ2v) is 5.98. The molecular weight excluding hydrogens is 325 g/mol. The highest BCUT2D eigenvalue weighted by Crippen LogP contribution is 2.38. The molecule has 3 aromatic rings.